The molecule has 7 heteroatoms. The van der Waals surface area contributed by atoms with Crippen LogP contribution < -0.4 is 11.0 Å². The smallest absolute Gasteiger partial charge is 0.267 e. The fourth-order valence-corrected chi connectivity index (χ4v) is 3.96. The number of thioether (sulfide) groups is 1. The highest BCUT2D eigenvalue weighted by Crippen LogP contribution is 2.25. The molecule has 24 heavy (non-hydrogen) atoms. The van der Waals surface area contributed by atoms with E-state index >= 15 is 0 Å². The number of nitrogens with zero attached hydrogens (tertiary/aromatic N) is 2. The molecule has 1 N–H and O–H groups in total. The second kappa shape index (κ2) is 6.78. The second-order valence-electron chi connectivity index (χ2n) is 5.46. The van der Waals surface area contributed by atoms with E-state index in [9.17, 15) is 9.59 Å². The SMILES string of the molecule is CSCc1cccc(C(=O)Nn2cnc3sc(C)c(C)c3c2=O)c1. The van der Waals surface area contributed by atoms with Gasteiger partial charge in [-0.15, -0.1) is 11.3 Å². The van der Waals surface area contributed by atoms with Crippen LogP contribution in [0.1, 0.15) is 26.4 Å². The topological polar surface area (TPSA) is 64.0 Å². The molecule has 0 bridgehead atoms. The van der Waals surface area contributed by atoms with Crippen LogP contribution in [0.25, 0.3) is 10.2 Å². The molecular formula is C17H17N3O2S2. The van der Waals surface area contributed by atoms with Crippen molar-refractivity contribution in [3.05, 3.63) is 62.5 Å². The van der Waals surface area contributed by atoms with Gasteiger partial charge in [-0.3, -0.25) is 15.0 Å². The van der Waals surface area contributed by atoms with E-state index in [1.807, 2.05) is 38.3 Å². The summed E-state index contributed by atoms with van der Waals surface area (Å²) >= 11 is 3.18. The van der Waals surface area contributed by atoms with Crippen LogP contribution in [0, 0.1) is 13.8 Å². The number of benzene rings is 1. The maximum absolute atomic E-state index is 12.6. The summed E-state index contributed by atoms with van der Waals surface area (Å²) in [6.45, 7) is 3.86. The first-order valence-corrected chi connectivity index (χ1v) is 9.59. The van der Waals surface area contributed by atoms with Gasteiger partial charge in [0.25, 0.3) is 11.5 Å². The van der Waals surface area contributed by atoms with Crippen molar-refractivity contribution in [2.75, 3.05) is 11.7 Å². The average Bonchev–Trinajstić information content (AvgIpc) is 2.86. The maximum Gasteiger partial charge on any atom is 0.281 e. The third kappa shape index (κ3) is 3.09. The molecule has 0 saturated carbocycles. The molecule has 1 amide bonds. The first kappa shape index (κ1) is 16.7. The second-order valence-corrected chi connectivity index (χ2v) is 7.53. The van der Waals surface area contributed by atoms with Crippen molar-refractivity contribution in [1.29, 1.82) is 0 Å². The van der Waals surface area contributed by atoms with Crippen LogP contribution in [-0.2, 0) is 5.75 Å². The van der Waals surface area contributed by atoms with Gasteiger partial charge in [-0.2, -0.15) is 11.8 Å². The van der Waals surface area contributed by atoms with Gasteiger partial charge in [-0.1, -0.05) is 12.1 Å². The zero-order chi connectivity index (χ0) is 17.3. The number of hydrogen-bond acceptors (Lipinski definition) is 5. The van der Waals surface area contributed by atoms with Gasteiger partial charge in [0, 0.05) is 16.2 Å². The highest BCUT2D eigenvalue weighted by Gasteiger charge is 2.14. The van der Waals surface area contributed by atoms with Gasteiger partial charge in [0.15, 0.2) is 0 Å². The molecule has 0 aliphatic heterocycles. The van der Waals surface area contributed by atoms with Crippen LogP contribution in [0.15, 0.2) is 35.4 Å². The lowest BCUT2D eigenvalue weighted by Gasteiger charge is -2.09. The van der Waals surface area contributed by atoms with Crippen LogP contribution in [0.2, 0.25) is 0 Å². The molecule has 124 valence electrons. The van der Waals surface area contributed by atoms with E-state index in [2.05, 4.69) is 10.4 Å². The Morgan fingerprint density at radius 2 is 2.17 bits per heavy atom. The minimum Gasteiger partial charge on any atom is -0.267 e. The van der Waals surface area contributed by atoms with Crippen molar-refractivity contribution in [2.24, 2.45) is 0 Å². The highest BCUT2D eigenvalue weighted by atomic mass is 32.2. The number of aryl methyl sites for hydroxylation is 2. The molecule has 0 aliphatic carbocycles. The Kier molecular flexibility index (Phi) is 4.73. The zero-order valence-electron chi connectivity index (χ0n) is 13.6. The minimum absolute atomic E-state index is 0.254. The largest absolute Gasteiger partial charge is 0.281 e. The molecule has 0 fully saturated rings. The van der Waals surface area contributed by atoms with Gasteiger partial charge in [0.05, 0.1) is 5.39 Å². The molecule has 2 heterocycles. The number of fused-ring (bicyclic) bond motifs is 1. The van der Waals surface area contributed by atoms with Crippen LogP contribution in [0.3, 0.4) is 0 Å². The van der Waals surface area contributed by atoms with Gasteiger partial charge >= 0.3 is 0 Å². The van der Waals surface area contributed by atoms with Gasteiger partial charge < -0.3 is 0 Å². The Hall–Kier alpha value is -2.12. The molecule has 5 nitrogen and oxygen atoms in total. The maximum atomic E-state index is 12.6. The molecular weight excluding hydrogens is 342 g/mol. The van der Waals surface area contributed by atoms with E-state index in [1.54, 1.807) is 17.8 Å². The molecule has 0 saturated heterocycles. The summed E-state index contributed by atoms with van der Waals surface area (Å²) < 4.78 is 1.16. The van der Waals surface area contributed by atoms with E-state index in [-0.39, 0.29) is 11.5 Å². The Labute approximate surface area is 147 Å². The molecule has 1 aromatic carbocycles. The molecule has 0 aliphatic rings. The van der Waals surface area contributed by atoms with E-state index in [0.29, 0.717) is 15.8 Å². The lowest BCUT2D eigenvalue weighted by molar-refractivity contribution is 0.101. The highest BCUT2D eigenvalue weighted by molar-refractivity contribution is 7.97. The van der Waals surface area contributed by atoms with Crippen LogP contribution in [0.4, 0.5) is 0 Å². The van der Waals surface area contributed by atoms with E-state index in [0.717, 1.165) is 26.4 Å². The summed E-state index contributed by atoms with van der Waals surface area (Å²) in [5.74, 6) is 0.507. The lowest BCUT2D eigenvalue weighted by atomic mass is 10.1. The fourth-order valence-electron chi connectivity index (χ4n) is 2.46. The number of hydrogen-bond donors (Lipinski definition) is 1. The standard InChI is InChI=1S/C17H17N3O2S2/c1-10-11(2)24-16-14(10)17(22)20(9-18-16)19-15(21)13-6-4-5-12(7-13)8-23-3/h4-7,9H,8H2,1-3H3,(H,19,21). The first-order valence-electron chi connectivity index (χ1n) is 7.38. The molecule has 2 aromatic heterocycles. The quantitative estimate of drug-likeness (QED) is 0.776. The zero-order valence-corrected chi connectivity index (χ0v) is 15.3. The minimum atomic E-state index is -0.328. The third-order valence-corrected chi connectivity index (χ3v) is 5.55. The van der Waals surface area contributed by atoms with Gasteiger partial charge in [-0.25, -0.2) is 9.66 Å². The van der Waals surface area contributed by atoms with Crippen molar-refractivity contribution in [3.8, 4) is 0 Å². The van der Waals surface area contributed by atoms with Gasteiger partial charge in [0.2, 0.25) is 0 Å². The summed E-state index contributed by atoms with van der Waals surface area (Å²) in [7, 11) is 0. The number of carbonyl (C=O) groups excluding carboxylic acids is 1. The molecule has 0 atom stereocenters. The Bertz CT molecular complexity index is 976. The Morgan fingerprint density at radius 3 is 2.92 bits per heavy atom. The third-order valence-electron chi connectivity index (χ3n) is 3.81. The van der Waals surface area contributed by atoms with Gasteiger partial charge in [-0.05, 0) is 43.4 Å². The van der Waals surface area contributed by atoms with Crippen molar-refractivity contribution in [2.45, 2.75) is 19.6 Å². The van der Waals surface area contributed by atoms with Crippen LogP contribution in [-0.4, -0.2) is 21.8 Å². The van der Waals surface area contributed by atoms with Gasteiger partial charge in [0.1, 0.15) is 11.2 Å². The normalized spacial score (nSPS) is 11.0. The number of amides is 1. The van der Waals surface area contributed by atoms with Crippen molar-refractivity contribution < 1.29 is 4.79 Å². The summed E-state index contributed by atoms with van der Waals surface area (Å²) in [6.07, 6.45) is 3.38. The van der Waals surface area contributed by atoms with Crippen LogP contribution >= 0.6 is 23.1 Å². The molecule has 0 radical (unpaired) electrons. The number of nitrogens with one attached hydrogen (secondary N) is 1. The molecule has 0 spiro atoms. The predicted molar refractivity (Wildman–Crippen MR) is 101 cm³/mol. The number of thiophene rings is 1. The van der Waals surface area contributed by atoms with Crippen molar-refractivity contribution in [3.63, 3.8) is 0 Å². The molecule has 0 unspecified atom stereocenters. The monoisotopic (exact) mass is 359 g/mol. The Balaban J connectivity index is 1.93. The number of aromatic nitrogens is 2. The fraction of sp³-hybridized carbons (Fsp3) is 0.235. The molecule has 3 rings (SSSR count). The summed E-state index contributed by atoms with van der Waals surface area (Å²) in [6, 6.07) is 7.39. The number of carbonyl (C=O) groups is 1. The lowest BCUT2D eigenvalue weighted by Crippen LogP contribution is -2.33. The first-order chi connectivity index (χ1) is 11.5. The Morgan fingerprint density at radius 1 is 1.38 bits per heavy atom. The van der Waals surface area contributed by atoms with E-state index in [4.69, 9.17) is 0 Å². The van der Waals surface area contributed by atoms with E-state index in [1.165, 1.54) is 17.7 Å². The number of rotatable bonds is 4. The summed E-state index contributed by atoms with van der Waals surface area (Å²) in [4.78, 5) is 31.1. The average molecular weight is 359 g/mol. The van der Waals surface area contributed by atoms with Crippen LogP contribution in [0.5, 0.6) is 0 Å². The predicted octanol–water partition coefficient (Wildman–Crippen LogP) is 3.32. The van der Waals surface area contributed by atoms with Crippen molar-refractivity contribution in [1.82, 2.24) is 9.66 Å². The molecule has 3 aromatic rings. The summed E-state index contributed by atoms with van der Waals surface area (Å²) in [5.41, 5.74) is 4.88. The van der Waals surface area contributed by atoms with Crippen molar-refractivity contribution >= 4 is 39.2 Å². The summed E-state index contributed by atoms with van der Waals surface area (Å²) in [5, 5.41) is 0.566. The van der Waals surface area contributed by atoms with E-state index < -0.39 is 0 Å².